The molecule has 0 amide bonds. The summed E-state index contributed by atoms with van der Waals surface area (Å²) in [5.41, 5.74) is 2.61. The molecule has 0 aliphatic heterocycles. The van der Waals surface area contributed by atoms with Gasteiger partial charge in [0.05, 0.1) is 0 Å². The van der Waals surface area contributed by atoms with E-state index in [0.29, 0.717) is 0 Å². The van der Waals surface area contributed by atoms with E-state index >= 15 is 0 Å². The van der Waals surface area contributed by atoms with Gasteiger partial charge in [-0.3, -0.25) is 0 Å². The summed E-state index contributed by atoms with van der Waals surface area (Å²) in [6.45, 7) is 10.3. The minimum atomic E-state index is 1.14. The molecule has 0 rings (SSSR count). The zero-order chi connectivity index (χ0) is 7.28. The Balaban J connectivity index is 3.74. The molecule has 0 aliphatic rings. The van der Waals surface area contributed by atoms with E-state index in [0.717, 1.165) is 6.42 Å². The lowest BCUT2D eigenvalue weighted by Gasteiger charge is -2.01. The second-order valence-electron chi connectivity index (χ2n) is 2.33. The molecule has 0 spiro atoms. The maximum absolute atomic E-state index is 3.95. The number of rotatable bonds is 3. The van der Waals surface area contributed by atoms with Gasteiger partial charge in [-0.25, -0.2) is 0 Å². The Hall–Kier alpha value is -0.520. The van der Waals surface area contributed by atoms with Gasteiger partial charge in [-0.05, 0) is 20.3 Å². The van der Waals surface area contributed by atoms with Crippen LogP contribution < -0.4 is 0 Å². The molecule has 0 aromatic heterocycles. The second kappa shape index (κ2) is 4.37. The van der Waals surface area contributed by atoms with Crippen molar-refractivity contribution in [1.29, 1.82) is 0 Å². The molecule has 9 heavy (non-hydrogen) atoms. The van der Waals surface area contributed by atoms with E-state index < -0.39 is 0 Å². The quantitative estimate of drug-likeness (QED) is 0.506. The molecule has 0 radical (unpaired) electrons. The highest BCUT2D eigenvalue weighted by atomic mass is 14.0. The maximum atomic E-state index is 3.95. The van der Waals surface area contributed by atoms with E-state index in [1.54, 1.807) is 0 Å². The first-order valence-electron chi connectivity index (χ1n) is 3.53. The van der Waals surface area contributed by atoms with Crippen molar-refractivity contribution >= 4 is 0 Å². The normalized spacial score (nSPS) is 11.7. The molecular formula is C9H16. The van der Waals surface area contributed by atoms with E-state index in [1.807, 2.05) is 0 Å². The molecule has 0 nitrogen and oxygen atoms in total. The third-order valence-corrected chi connectivity index (χ3v) is 1.54. The SMILES string of the molecule is C=C(CCC)C(C)=CC. The zero-order valence-corrected chi connectivity index (χ0v) is 6.70. The maximum Gasteiger partial charge on any atom is -0.0285 e. The summed E-state index contributed by atoms with van der Waals surface area (Å²) < 4.78 is 0. The highest BCUT2D eigenvalue weighted by Gasteiger charge is 1.91. The summed E-state index contributed by atoms with van der Waals surface area (Å²) in [4.78, 5) is 0. The molecule has 0 bridgehead atoms. The first-order chi connectivity index (χ1) is 4.22. The highest BCUT2D eigenvalue weighted by Crippen LogP contribution is 2.11. The van der Waals surface area contributed by atoms with Crippen LogP contribution in [-0.2, 0) is 0 Å². The van der Waals surface area contributed by atoms with Gasteiger partial charge in [-0.15, -0.1) is 0 Å². The Kier molecular flexibility index (Phi) is 4.12. The van der Waals surface area contributed by atoms with Crippen molar-refractivity contribution in [3.8, 4) is 0 Å². The van der Waals surface area contributed by atoms with Crippen LogP contribution in [0.25, 0.3) is 0 Å². The predicted octanol–water partition coefficient (Wildman–Crippen LogP) is 3.31. The van der Waals surface area contributed by atoms with Crippen molar-refractivity contribution in [3.63, 3.8) is 0 Å². The van der Waals surface area contributed by atoms with Gasteiger partial charge >= 0.3 is 0 Å². The molecule has 0 unspecified atom stereocenters. The van der Waals surface area contributed by atoms with E-state index in [1.165, 1.54) is 17.6 Å². The molecule has 0 heteroatoms. The van der Waals surface area contributed by atoms with E-state index in [4.69, 9.17) is 0 Å². The Morgan fingerprint density at radius 3 is 2.44 bits per heavy atom. The van der Waals surface area contributed by atoms with Crippen molar-refractivity contribution in [2.45, 2.75) is 33.6 Å². The Bertz CT molecular complexity index is 118. The van der Waals surface area contributed by atoms with Crippen LogP contribution in [0.15, 0.2) is 23.8 Å². The first-order valence-corrected chi connectivity index (χ1v) is 3.53. The average molecular weight is 124 g/mol. The second-order valence-corrected chi connectivity index (χ2v) is 2.33. The topological polar surface area (TPSA) is 0 Å². The van der Waals surface area contributed by atoms with Crippen molar-refractivity contribution in [3.05, 3.63) is 23.8 Å². The first kappa shape index (κ1) is 8.48. The van der Waals surface area contributed by atoms with E-state index in [9.17, 15) is 0 Å². The Labute approximate surface area is 58.3 Å². The Morgan fingerprint density at radius 2 is 2.11 bits per heavy atom. The van der Waals surface area contributed by atoms with Crippen molar-refractivity contribution in [2.24, 2.45) is 0 Å². The van der Waals surface area contributed by atoms with Crippen LogP contribution in [0.3, 0.4) is 0 Å². The van der Waals surface area contributed by atoms with Crippen molar-refractivity contribution in [2.75, 3.05) is 0 Å². The fourth-order valence-corrected chi connectivity index (χ4v) is 0.703. The molecule has 0 fully saturated rings. The molecule has 0 aliphatic carbocycles. The van der Waals surface area contributed by atoms with E-state index in [2.05, 4.69) is 33.4 Å². The van der Waals surface area contributed by atoms with Crippen molar-refractivity contribution < 1.29 is 0 Å². The molecule has 0 heterocycles. The lowest BCUT2D eigenvalue weighted by molar-refractivity contribution is 0.914. The van der Waals surface area contributed by atoms with Gasteiger partial charge in [-0.2, -0.15) is 0 Å². The summed E-state index contributed by atoms with van der Waals surface area (Å²) >= 11 is 0. The number of allylic oxidation sites excluding steroid dienone is 3. The van der Waals surface area contributed by atoms with Crippen LogP contribution in [0.5, 0.6) is 0 Å². The smallest absolute Gasteiger partial charge is 0.0285 e. The van der Waals surface area contributed by atoms with Gasteiger partial charge in [-0.1, -0.05) is 37.1 Å². The van der Waals surface area contributed by atoms with Crippen LogP contribution >= 0.6 is 0 Å². The van der Waals surface area contributed by atoms with Gasteiger partial charge < -0.3 is 0 Å². The van der Waals surface area contributed by atoms with Gasteiger partial charge in [0.2, 0.25) is 0 Å². The monoisotopic (exact) mass is 124 g/mol. The molecule has 0 saturated carbocycles. The fourth-order valence-electron chi connectivity index (χ4n) is 0.703. The summed E-state index contributed by atoms with van der Waals surface area (Å²) in [5.74, 6) is 0. The molecular weight excluding hydrogens is 108 g/mol. The van der Waals surface area contributed by atoms with Crippen molar-refractivity contribution in [1.82, 2.24) is 0 Å². The Morgan fingerprint density at radius 1 is 1.56 bits per heavy atom. The predicted molar refractivity (Wildman–Crippen MR) is 43.5 cm³/mol. The zero-order valence-electron chi connectivity index (χ0n) is 6.70. The summed E-state index contributed by atoms with van der Waals surface area (Å²) in [6.07, 6.45) is 4.44. The van der Waals surface area contributed by atoms with Gasteiger partial charge in [0.15, 0.2) is 0 Å². The standard InChI is InChI=1S/C9H16/c1-5-7-9(4)8(3)6-2/h6H,4-5,7H2,1-3H3. The number of hydrogen-bond acceptors (Lipinski definition) is 0. The molecule has 0 saturated heterocycles. The molecule has 0 atom stereocenters. The van der Waals surface area contributed by atoms with Gasteiger partial charge in [0.1, 0.15) is 0 Å². The summed E-state index contributed by atoms with van der Waals surface area (Å²) in [5, 5.41) is 0. The number of hydrogen-bond donors (Lipinski definition) is 0. The third-order valence-electron chi connectivity index (χ3n) is 1.54. The fraction of sp³-hybridized carbons (Fsp3) is 0.556. The van der Waals surface area contributed by atoms with E-state index in [-0.39, 0.29) is 0 Å². The average Bonchev–Trinajstić information content (AvgIpc) is 1.87. The van der Waals surface area contributed by atoms with Crippen LogP contribution in [-0.4, -0.2) is 0 Å². The van der Waals surface area contributed by atoms with Gasteiger partial charge in [0, 0.05) is 0 Å². The van der Waals surface area contributed by atoms with Gasteiger partial charge in [0.25, 0.3) is 0 Å². The third kappa shape index (κ3) is 3.12. The van der Waals surface area contributed by atoms with Crippen LogP contribution in [0.4, 0.5) is 0 Å². The lowest BCUT2D eigenvalue weighted by atomic mass is 10.1. The summed E-state index contributed by atoms with van der Waals surface area (Å²) in [7, 11) is 0. The van der Waals surface area contributed by atoms with Crippen LogP contribution in [0, 0.1) is 0 Å². The lowest BCUT2D eigenvalue weighted by Crippen LogP contribution is -1.80. The summed E-state index contributed by atoms with van der Waals surface area (Å²) in [6, 6.07) is 0. The molecule has 0 N–H and O–H groups in total. The molecule has 0 aromatic rings. The van der Waals surface area contributed by atoms with Crippen LogP contribution in [0.1, 0.15) is 33.6 Å². The minimum absolute atomic E-state index is 1.14. The highest BCUT2D eigenvalue weighted by molar-refractivity contribution is 5.24. The minimum Gasteiger partial charge on any atom is -0.0956 e. The van der Waals surface area contributed by atoms with Crippen LogP contribution in [0.2, 0.25) is 0 Å². The largest absolute Gasteiger partial charge is 0.0956 e. The molecule has 0 aromatic carbocycles. The molecule has 52 valence electrons.